The maximum atomic E-state index is 11.0. The van der Waals surface area contributed by atoms with Gasteiger partial charge < -0.3 is 5.73 Å². The van der Waals surface area contributed by atoms with Gasteiger partial charge in [0, 0.05) is 19.0 Å². The maximum absolute atomic E-state index is 11.0. The summed E-state index contributed by atoms with van der Waals surface area (Å²) >= 11 is 0. The Morgan fingerprint density at radius 1 is 1.67 bits per heavy atom. The van der Waals surface area contributed by atoms with Gasteiger partial charge in [0.05, 0.1) is 5.70 Å². The summed E-state index contributed by atoms with van der Waals surface area (Å²) < 4.78 is 12.6. The monoisotopic (exact) mass is 186 g/mol. The van der Waals surface area contributed by atoms with E-state index in [0.717, 1.165) is 0 Å². The lowest BCUT2D eigenvalue weighted by atomic mass is 10.3. The van der Waals surface area contributed by atoms with E-state index in [-0.39, 0.29) is 0 Å². The number of nitrogens with zero attached hydrogens (tertiary/aromatic N) is 1. The Kier molecular flexibility index (Phi) is 4.36. The molecule has 0 aliphatic heterocycles. The van der Waals surface area contributed by atoms with Crippen molar-refractivity contribution in [3.8, 4) is 0 Å². The maximum Gasteiger partial charge on any atom is 0.116 e. The molecule has 0 aliphatic carbocycles. The fourth-order valence-electron chi connectivity index (χ4n) is 0.664. The molecule has 0 heterocycles. The van der Waals surface area contributed by atoms with E-state index in [1.54, 1.807) is 25.5 Å². The van der Waals surface area contributed by atoms with E-state index >= 15 is 0 Å². The summed E-state index contributed by atoms with van der Waals surface area (Å²) in [7, 11) is 0.598. The van der Waals surface area contributed by atoms with Gasteiger partial charge in [0.1, 0.15) is 11.0 Å². The largest absolute Gasteiger partial charge is 0.398 e. The molecule has 0 aliphatic rings. The number of hydrogen-bond acceptors (Lipinski definition) is 2. The highest BCUT2D eigenvalue weighted by Crippen LogP contribution is 2.08. The van der Waals surface area contributed by atoms with Crippen LogP contribution in [0.2, 0.25) is 0 Å². The molecule has 0 fully saturated rings. The Labute approximate surface area is 75.8 Å². The molecule has 0 radical (unpaired) electrons. The molecule has 4 heteroatoms. The van der Waals surface area contributed by atoms with E-state index in [9.17, 15) is 4.21 Å². The third-order valence-electron chi connectivity index (χ3n) is 1.33. The van der Waals surface area contributed by atoms with Crippen molar-refractivity contribution in [3.05, 3.63) is 36.7 Å². The summed E-state index contributed by atoms with van der Waals surface area (Å²) in [5.74, 6) is 0. The second kappa shape index (κ2) is 4.77. The predicted molar refractivity (Wildman–Crippen MR) is 53.4 cm³/mol. The van der Waals surface area contributed by atoms with Crippen molar-refractivity contribution in [1.82, 2.24) is 4.31 Å². The van der Waals surface area contributed by atoms with Gasteiger partial charge in [-0.1, -0.05) is 19.2 Å². The van der Waals surface area contributed by atoms with Crippen molar-refractivity contribution in [2.45, 2.75) is 0 Å². The zero-order valence-electron chi connectivity index (χ0n) is 7.41. The van der Waals surface area contributed by atoms with Crippen LogP contribution in [0.25, 0.3) is 0 Å². The molecule has 12 heavy (non-hydrogen) atoms. The quantitative estimate of drug-likeness (QED) is 0.659. The second-order valence-corrected chi connectivity index (χ2v) is 3.63. The van der Waals surface area contributed by atoms with Crippen LogP contribution in [0.3, 0.4) is 0 Å². The first-order valence-electron chi connectivity index (χ1n) is 3.35. The Hall–Kier alpha value is -1.03. The van der Waals surface area contributed by atoms with E-state index < -0.39 is 11.0 Å². The van der Waals surface area contributed by atoms with Crippen molar-refractivity contribution < 1.29 is 4.21 Å². The van der Waals surface area contributed by atoms with Crippen LogP contribution in [0.15, 0.2) is 36.7 Å². The Morgan fingerprint density at radius 3 is 2.42 bits per heavy atom. The fraction of sp³-hybridized carbons (Fsp3) is 0.250. The lowest BCUT2D eigenvalue weighted by molar-refractivity contribution is 0.614. The van der Waals surface area contributed by atoms with Crippen LogP contribution >= 0.6 is 0 Å². The molecule has 0 spiro atoms. The zero-order chi connectivity index (χ0) is 9.72. The molecule has 0 aromatic rings. The van der Waals surface area contributed by atoms with E-state index in [0.29, 0.717) is 11.4 Å². The van der Waals surface area contributed by atoms with Crippen LogP contribution < -0.4 is 5.73 Å². The summed E-state index contributed by atoms with van der Waals surface area (Å²) in [5.41, 5.74) is 6.49. The van der Waals surface area contributed by atoms with Crippen LogP contribution in [0.4, 0.5) is 0 Å². The lowest BCUT2D eigenvalue weighted by Crippen LogP contribution is -2.22. The molecule has 1 unspecified atom stereocenters. The molecule has 0 aromatic carbocycles. The number of hydrogen-bond donors (Lipinski definition) is 1. The minimum absolute atomic E-state index is 0.382. The molecule has 1 atom stereocenters. The number of allylic oxidation sites excluding steroid dienone is 2. The molecule has 0 saturated carbocycles. The highest BCUT2D eigenvalue weighted by Gasteiger charge is 2.07. The van der Waals surface area contributed by atoms with Crippen molar-refractivity contribution in [3.63, 3.8) is 0 Å². The van der Waals surface area contributed by atoms with Crippen LogP contribution in [0.5, 0.6) is 0 Å². The first-order chi connectivity index (χ1) is 5.50. The molecule has 2 N–H and O–H groups in total. The smallest absolute Gasteiger partial charge is 0.116 e. The average Bonchev–Trinajstić information content (AvgIpc) is 1.98. The SMILES string of the molecule is C=C/C=C(\C(=C)N)N(C)S(C)=O. The molecule has 0 rings (SSSR count). The standard InChI is InChI=1S/C8H14N2OS/c1-5-6-8(7(2)9)10(3)12(4)11/h5-6H,1-2,9H2,3-4H3/b8-6+. The Balaban J connectivity index is 4.75. The van der Waals surface area contributed by atoms with Crippen molar-refractivity contribution >= 4 is 11.0 Å². The fourth-order valence-corrected chi connectivity index (χ4v) is 1.12. The molecular formula is C8H14N2OS. The third-order valence-corrected chi connectivity index (χ3v) is 2.30. The van der Waals surface area contributed by atoms with Gasteiger partial charge in [-0.2, -0.15) is 0 Å². The first-order valence-corrected chi connectivity index (χ1v) is 4.87. The molecule has 0 saturated heterocycles. The summed E-state index contributed by atoms with van der Waals surface area (Å²) in [6, 6.07) is 0. The minimum Gasteiger partial charge on any atom is -0.398 e. The average molecular weight is 186 g/mol. The molecule has 68 valence electrons. The van der Waals surface area contributed by atoms with Crippen LogP contribution in [-0.4, -0.2) is 21.8 Å². The van der Waals surface area contributed by atoms with Crippen molar-refractivity contribution in [1.29, 1.82) is 0 Å². The second-order valence-electron chi connectivity index (χ2n) is 2.23. The van der Waals surface area contributed by atoms with E-state index in [1.807, 2.05) is 0 Å². The molecule has 0 amide bonds. The van der Waals surface area contributed by atoms with Gasteiger partial charge in [0.25, 0.3) is 0 Å². The summed E-state index contributed by atoms with van der Waals surface area (Å²) in [6.45, 7) is 7.09. The van der Waals surface area contributed by atoms with Crippen molar-refractivity contribution in [2.75, 3.05) is 13.3 Å². The molecule has 0 aromatic heterocycles. The van der Waals surface area contributed by atoms with Gasteiger partial charge >= 0.3 is 0 Å². The summed E-state index contributed by atoms with van der Waals surface area (Å²) in [4.78, 5) is 0. The van der Waals surface area contributed by atoms with Gasteiger partial charge in [0.15, 0.2) is 0 Å². The predicted octanol–water partition coefficient (Wildman–Crippen LogP) is 0.754. The van der Waals surface area contributed by atoms with E-state index in [2.05, 4.69) is 13.2 Å². The molecule has 3 nitrogen and oxygen atoms in total. The minimum atomic E-state index is -1.09. The first kappa shape index (κ1) is 11.0. The molecule has 0 bridgehead atoms. The summed E-state index contributed by atoms with van der Waals surface area (Å²) in [6.07, 6.45) is 4.82. The number of rotatable bonds is 4. The highest BCUT2D eigenvalue weighted by molar-refractivity contribution is 7.82. The number of likely N-dealkylation sites (N-methyl/N-ethyl adjacent to an activating group) is 1. The van der Waals surface area contributed by atoms with Gasteiger partial charge in [-0.25, -0.2) is 4.21 Å². The van der Waals surface area contributed by atoms with Gasteiger partial charge in [-0.05, 0) is 6.08 Å². The topological polar surface area (TPSA) is 46.3 Å². The van der Waals surface area contributed by atoms with Crippen LogP contribution in [0.1, 0.15) is 0 Å². The summed E-state index contributed by atoms with van der Waals surface area (Å²) in [5, 5.41) is 0. The zero-order valence-corrected chi connectivity index (χ0v) is 8.23. The van der Waals surface area contributed by atoms with Gasteiger partial charge in [0.2, 0.25) is 0 Å². The normalized spacial score (nSPS) is 13.7. The highest BCUT2D eigenvalue weighted by atomic mass is 32.2. The van der Waals surface area contributed by atoms with Crippen LogP contribution in [0, 0.1) is 0 Å². The lowest BCUT2D eigenvalue weighted by Gasteiger charge is -2.18. The third kappa shape index (κ3) is 2.92. The van der Waals surface area contributed by atoms with E-state index in [4.69, 9.17) is 5.73 Å². The Bertz CT molecular complexity index is 245. The van der Waals surface area contributed by atoms with Crippen LogP contribution in [-0.2, 0) is 11.0 Å². The number of nitrogens with two attached hydrogens (primary N) is 1. The van der Waals surface area contributed by atoms with Gasteiger partial charge in [-0.15, -0.1) is 0 Å². The van der Waals surface area contributed by atoms with Crippen molar-refractivity contribution in [2.24, 2.45) is 5.73 Å². The van der Waals surface area contributed by atoms with E-state index in [1.165, 1.54) is 4.31 Å². The Morgan fingerprint density at radius 2 is 2.17 bits per heavy atom. The molecular weight excluding hydrogens is 172 g/mol. The van der Waals surface area contributed by atoms with Gasteiger partial charge in [-0.3, -0.25) is 4.31 Å².